The fraction of sp³-hybridized carbons (Fsp3) is 0. The summed E-state index contributed by atoms with van der Waals surface area (Å²) >= 11 is 0. The fourth-order valence-corrected chi connectivity index (χ4v) is 6.44. The Balaban J connectivity index is 1.34. The average molecular weight is 511 g/mol. The highest BCUT2D eigenvalue weighted by molar-refractivity contribution is 6.16. The summed E-state index contributed by atoms with van der Waals surface area (Å²) in [7, 11) is 0. The van der Waals surface area contributed by atoms with Crippen molar-refractivity contribution in [3.05, 3.63) is 133 Å². The Kier molecular flexibility index (Phi) is 4.36. The van der Waals surface area contributed by atoms with E-state index in [0.717, 1.165) is 55.0 Å². The van der Waals surface area contributed by atoms with Crippen LogP contribution in [0.3, 0.4) is 0 Å². The van der Waals surface area contributed by atoms with Crippen molar-refractivity contribution in [2.45, 2.75) is 0 Å². The van der Waals surface area contributed by atoms with Crippen LogP contribution in [0.4, 0.5) is 0 Å². The van der Waals surface area contributed by atoms with Crippen LogP contribution in [0.25, 0.3) is 87.7 Å². The molecule has 0 spiro atoms. The van der Waals surface area contributed by atoms with Gasteiger partial charge in [-0.05, 0) is 56.9 Å². The molecule has 2 aromatic heterocycles. The van der Waals surface area contributed by atoms with Gasteiger partial charge in [0.05, 0.1) is 0 Å². The molecule has 2 nitrogen and oxygen atoms in total. The first-order valence-electron chi connectivity index (χ1n) is 13.6. The van der Waals surface area contributed by atoms with E-state index in [-0.39, 0.29) is 0 Å². The first kappa shape index (κ1) is 21.6. The van der Waals surface area contributed by atoms with Crippen molar-refractivity contribution in [2.24, 2.45) is 0 Å². The van der Waals surface area contributed by atoms with Crippen molar-refractivity contribution in [3.63, 3.8) is 0 Å². The summed E-state index contributed by atoms with van der Waals surface area (Å²) in [5, 5.41) is 9.39. The molecule has 0 fully saturated rings. The van der Waals surface area contributed by atoms with Gasteiger partial charge in [0.1, 0.15) is 22.3 Å². The zero-order valence-electron chi connectivity index (χ0n) is 21.5. The molecule has 0 saturated heterocycles. The minimum absolute atomic E-state index is 0.914. The molecule has 2 heteroatoms. The summed E-state index contributed by atoms with van der Waals surface area (Å²) in [6, 6.07) is 47.2. The van der Waals surface area contributed by atoms with E-state index >= 15 is 0 Å². The Bertz CT molecular complexity index is 2270. The molecule has 2 heterocycles. The topological polar surface area (TPSA) is 26.3 Å². The fourth-order valence-electron chi connectivity index (χ4n) is 6.44. The summed E-state index contributed by atoms with van der Waals surface area (Å²) < 4.78 is 12.9. The monoisotopic (exact) mass is 510 g/mol. The number of hydrogen-bond donors (Lipinski definition) is 0. The number of rotatable bonds is 2. The van der Waals surface area contributed by atoms with Crippen LogP contribution in [-0.4, -0.2) is 0 Å². The van der Waals surface area contributed by atoms with E-state index in [2.05, 4.69) is 109 Å². The molecule has 0 aliphatic carbocycles. The Hall–Kier alpha value is -5.34. The summed E-state index contributed by atoms with van der Waals surface area (Å²) in [6.45, 7) is 0. The van der Waals surface area contributed by atoms with Crippen molar-refractivity contribution in [1.29, 1.82) is 0 Å². The number of fused-ring (bicyclic) bond motifs is 8. The van der Waals surface area contributed by atoms with Crippen LogP contribution in [0, 0.1) is 0 Å². The normalized spacial score (nSPS) is 12.0. The highest BCUT2D eigenvalue weighted by Crippen LogP contribution is 2.42. The summed E-state index contributed by atoms with van der Waals surface area (Å²) in [4.78, 5) is 0. The zero-order chi connectivity index (χ0) is 26.2. The third-order valence-corrected chi connectivity index (χ3v) is 8.27. The Morgan fingerprint density at radius 2 is 0.725 bits per heavy atom. The van der Waals surface area contributed by atoms with Crippen LogP contribution in [0.1, 0.15) is 0 Å². The van der Waals surface area contributed by atoms with E-state index in [1.165, 1.54) is 32.7 Å². The molecule has 0 N–H and O–H groups in total. The van der Waals surface area contributed by atoms with Crippen molar-refractivity contribution in [2.75, 3.05) is 0 Å². The SMILES string of the molecule is c1cc(-c2cccc3c2oc2ccccc23)c2cc3c(-c4cccc5c4oc4ccccc45)cccc3cc2c1. The molecule has 0 atom stereocenters. The van der Waals surface area contributed by atoms with E-state index < -0.39 is 0 Å². The second-order valence-corrected chi connectivity index (χ2v) is 10.5. The molecule has 0 radical (unpaired) electrons. The van der Waals surface area contributed by atoms with Gasteiger partial charge in [0.25, 0.3) is 0 Å². The molecular weight excluding hydrogens is 488 g/mol. The first-order chi connectivity index (χ1) is 19.8. The molecule has 9 aromatic rings. The molecule has 0 aliphatic heterocycles. The van der Waals surface area contributed by atoms with Gasteiger partial charge in [-0.3, -0.25) is 0 Å². The maximum Gasteiger partial charge on any atom is 0.143 e. The third-order valence-electron chi connectivity index (χ3n) is 8.27. The van der Waals surface area contributed by atoms with Crippen LogP contribution in [0.2, 0.25) is 0 Å². The Labute approximate surface area is 229 Å². The highest BCUT2D eigenvalue weighted by atomic mass is 16.3. The number of para-hydroxylation sites is 4. The second kappa shape index (κ2) is 8.08. The molecular formula is C38H22O2. The van der Waals surface area contributed by atoms with Gasteiger partial charge in [-0.2, -0.15) is 0 Å². The van der Waals surface area contributed by atoms with Crippen molar-refractivity contribution >= 4 is 65.4 Å². The lowest BCUT2D eigenvalue weighted by Gasteiger charge is -2.12. The number of hydrogen-bond acceptors (Lipinski definition) is 2. The van der Waals surface area contributed by atoms with Crippen LogP contribution < -0.4 is 0 Å². The largest absolute Gasteiger partial charge is 0.455 e. The second-order valence-electron chi connectivity index (χ2n) is 10.5. The molecule has 9 rings (SSSR count). The standard InChI is InChI=1S/C38H22O2/c1-3-19-35-27(11-1)31-17-7-15-29(37(31)39-35)25-13-5-9-23-21-24-10-6-14-26(34(24)22-33(23)25)30-16-8-18-32-28-12-2-4-20-36(28)40-38(30)32/h1-22H. The van der Waals surface area contributed by atoms with E-state index in [4.69, 9.17) is 8.83 Å². The summed E-state index contributed by atoms with van der Waals surface area (Å²) in [5.74, 6) is 0. The summed E-state index contributed by atoms with van der Waals surface area (Å²) in [6.07, 6.45) is 0. The van der Waals surface area contributed by atoms with Crippen molar-refractivity contribution in [3.8, 4) is 22.3 Å². The molecule has 40 heavy (non-hydrogen) atoms. The predicted octanol–water partition coefficient (Wildman–Crippen LogP) is 11.1. The minimum atomic E-state index is 0.914. The molecule has 186 valence electrons. The average Bonchev–Trinajstić information content (AvgIpc) is 3.58. The van der Waals surface area contributed by atoms with Gasteiger partial charge in [-0.1, -0.05) is 109 Å². The third kappa shape index (κ3) is 2.99. The minimum Gasteiger partial charge on any atom is -0.455 e. The van der Waals surface area contributed by atoms with E-state index in [1.807, 2.05) is 24.3 Å². The Morgan fingerprint density at radius 3 is 1.25 bits per heavy atom. The first-order valence-corrected chi connectivity index (χ1v) is 13.6. The maximum atomic E-state index is 6.43. The van der Waals surface area contributed by atoms with E-state index in [9.17, 15) is 0 Å². The van der Waals surface area contributed by atoms with Gasteiger partial charge in [-0.25, -0.2) is 0 Å². The van der Waals surface area contributed by atoms with E-state index in [0.29, 0.717) is 0 Å². The quantitative estimate of drug-likeness (QED) is 0.216. The maximum absolute atomic E-state index is 6.43. The molecule has 0 bridgehead atoms. The van der Waals surface area contributed by atoms with Gasteiger partial charge in [0.2, 0.25) is 0 Å². The smallest absolute Gasteiger partial charge is 0.143 e. The van der Waals surface area contributed by atoms with Crippen LogP contribution in [0.15, 0.2) is 142 Å². The van der Waals surface area contributed by atoms with Gasteiger partial charge in [0.15, 0.2) is 0 Å². The van der Waals surface area contributed by atoms with Crippen LogP contribution in [-0.2, 0) is 0 Å². The van der Waals surface area contributed by atoms with Gasteiger partial charge < -0.3 is 8.83 Å². The highest BCUT2D eigenvalue weighted by Gasteiger charge is 2.17. The number of furan rings is 2. The predicted molar refractivity (Wildman–Crippen MR) is 167 cm³/mol. The van der Waals surface area contributed by atoms with E-state index in [1.54, 1.807) is 0 Å². The lowest BCUT2D eigenvalue weighted by Crippen LogP contribution is -1.86. The molecule has 7 aromatic carbocycles. The molecule has 0 unspecified atom stereocenters. The van der Waals surface area contributed by atoms with Gasteiger partial charge >= 0.3 is 0 Å². The van der Waals surface area contributed by atoms with Crippen LogP contribution >= 0.6 is 0 Å². The number of benzene rings is 7. The lowest BCUT2D eigenvalue weighted by molar-refractivity contribution is 0.669. The van der Waals surface area contributed by atoms with Crippen molar-refractivity contribution < 1.29 is 8.83 Å². The van der Waals surface area contributed by atoms with Crippen LogP contribution in [0.5, 0.6) is 0 Å². The molecule has 0 saturated carbocycles. The molecule has 0 amide bonds. The molecule has 0 aliphatic rings. The Morgan fingerprint density at radius 1 is 0.300 bits per heavy atom. The van der Waals surface area contributed by atoms with Crippen molar-refractivity contribution in [1.82, 2.24) is 0 Å². The van der Waals surface area contributed by atoms with Gasteiger partial charge in [-0.15, -0.1) is 0 Å². The zero-order valence-corrected chi connectivity index (χ0v) is 21.5. The van der Waals surface area contributed by atoms with Gasteiger partial charge in [0, 0.05) is 32.7 Å². The summed E-state index contributed by atoms with van der Waals surface area (Å²) in [5.41, 5.74) is 8.23. The lowest BCUT2D eigenvalue weighted by atomic mass is 9.91.